The van der Waals surface area contributed by atoms with Gasteiger partial charge >= 0.3 is 0 Å². The third kappa shape index (κ3) is 2.56. The first-order valence-electron chi connectivity index (χ1n) is 6.58. The molecule has 0 spiro atoms. The Morgan fingerprint density at radius 3 is 3.05 bits per heavy atom. The van der Waals surface area contributed by atoms with Crippen LogP contribution < -0.4 is 10.6 Å². The maximum Gasteiger partial charge on any atom is 0.180 e. The van der Waals surface area contributed by atoms with Gasteiger partial charge in [0.25, 0.3) is 0 Å². The lowest BCUT2D eigenvalue weighted by Gasteiger charge is -2.09. The normalized spacial score (nSPS) is 10.8. The monoisotopic (exact) mass is 272 g/mol. The van der Waals surface area contributed by atoms with E-state index in [1.165, 1.54) is 0 Å². The summed E-state index contributed by atoms with van der Waals surface area (Å²) in [6, 6.07) is 1.81. The predicted molar refractivity (Wildman–Crippen MR) is 75.6 cm³/mol. The second kappa shape index (κ2) is 5.60. The Balaban J connectivity index is 1.85. The maximum absolute atomic E-state index is 5.06. The van der Waals surface area contributed by atoms with Crippen molar-refractivity contribution < 1.29 is 4.52 Å². The molecule has 20 heavy (non-hydrogen) atoms. The summed E-state index contributed by atoms with van der Waals surface area (Å²) in [6.45, 7) is 3.52. The van der Waals surface area contributed by atoms with Crippen molar-refractivity contribution >= 4 is 17.3 Å². The van der Waals surface area contributed by atoms with E-state index in [4.69, 9.17) is 4.52 Å². The van der Waals surface area contributed by atoms with Gasteiger partial charge in [0.15, 0.2) is 17.2 Å². The average molecular weight is 272 g/mol. The third-order valence-corrected chi connectivity index (χ3v) is 2.85. The number of rotatable bonds is 6. The Morgan fingerprint density at radius 2 is 2.25 bits per heavy atom. The van der Waals surface area contributed by atoms with E-state index in [-0.39, 0.29) is 0 Å². The van der Waals surface area contributed by atoms with E-state index in [0.717, 1.165) is 30.2 Å². The number of nitrogens with zero attached hydrogens (tertiary/aromatic N) is 4. The number of hydrogen-bond acceptors (Lipinski definition) is 6. The second-order valence-electron chi connectivity index (χ2n) is 4.39. The van der Waals surface area contributed by atoms with Crippen LogP contribution in [0.3, 0.4) is 0 Å². The van der Waals surface area contributed by atoms with Gasteiger partial charge in [-0.15, -0.1) is 0 Å². The lowest BCUT2D eigenvalue weighted by Crippen LogP contribution is -2.08. The topological polar surface area (TPSA) is 80.3 Å². The molecule has 3 aromatic rings. The van der Waals surface area contributed by atoms with Crippen LogP contribution in [0.2, 0.25) is 0 Å². The van der Waals surface area contributed by atoms with Crippen molar-refractivity contribution in [3.63, 3.8) is 0 Å². The summed E-state index contributed by atoms with van der Waals surface area (Å²) >= 11 is 0. The highest BCUT2D eigenvalue weighted by atomic mass is 16.5. The molecule has 0 amide bonds. The van der Waals surface area contributed by atoms with Crippen LogP contribution in [0.25, 0.3) is 5.65 Å². The fourth-order valence-corrected chi connectivity index (χ4v) is 1.89. The fraction of sp³-hybridized carbons (Fsp3) is 0.308. The van der Waals surface area contributed by atoms with Crippen LogP contribution in [-0.2, 0) is 6.54 Å². The van der Waals surface area contributed by atoms with E-state index >= 15 is 0 Å². The van der Waals surface area contributed by atoms with Crippen molar-refractivity contribution in [2.24, 2.45) is 0 Å². The molecular formula is C13H16N6O. The standard InChI is InChI=1S/C13H16N6O/c1-2-4-14-11-9-19-7-6-15-13(19)12(18-11)16-8-10-3-5-17-20-10/h3,5-7,9,14H,2,4,8H2,1H3,(H,16,18). The summed E-state index contributed by atoms with van der Waals surface area (Å²) in [5, 5.41) is 10.2. The second-order valence-corrected chi connectivity index (χ2v) is 4.39. The van der Waals surface area contributed by atoms with Crippen molar-refractivity contribution in [2.75, 3.05) is 17.2 Å². The van der Waals surface area contributed by atoms with Gasteiger partial charge in [-0.05, 0) is 6.42 Å². The number of fused-ring (bicyclic) bond motifs is 1. The zero-order valence-corrected chi connectivity index (χ0v) is 11.2. The summed E-state index contributed by atoms with van der Waals surface area (Å²) in [5.41, 5.74) is 0.784. The van der Waals surface area contributed by atoms with Crippen molar-refractivity contribution in [2.45, 2.75) is 19.9 Å². The molecule has 0 saturated heterocycles. The molecule has 7 nitrogen and oxygen atoms in total. The zero-order valence-electron chi connectivity index (χ0n) is 11.2. The molecule has 0 aliphatic heterocycles. The molecule has 2 N–H and O–H groups in total. The first-order valence-corrected chi connectivity index (χ1v) is 6.58. The predicted octanol–water partition coefficient (Wildman–Crippen LogP) is 2.15. The number of nitrogens with one attached hydrogen (secondary N) is 2. The highest BCUT2D eigenvalue weighted by molar-refractivity contribution is 5.65. The highest BCUT2D eigenvalue weighted by Gasteiger charge is 2.08. The minimum Gasteiger partial charge on any atom is -0.369 e. The first-order chi connectivity index (χ1) is 9.86. The summed E-state index contributed by atoms with van der Waals surface area (Å²) in [5.74, 6) is 2.29. The molecule has 0 atom stereocenters. The van der Waals surface area contributed by atoms with Crippen LogP contribution in [0.5, 0.6) is 0 Å². The van der Waals surface area contributed by atoms with Crippen molar-refractivity contribution in [3.05, 3.63) is 36.6 Å². The van der Waals surface area contributed by atoms with Gasteiger partial charge in [0.05, 0.1) is 18.9 Å². The zero-order chi connectivity index (χ0) is 13.8. The molecule has 0 saturated carbocycles. The van der Waals surface area contributed by atoms with E-state index in [0.29, 0.717) is 12.4 Å². The summed E-state index contributed by atoms with van der Waals surface area (Å²) in [6.07, 6.45) is 8.24. The van der Waals surface area contributed by atoms with Gasteiger partial charge in [0.1, 0.15) is 5.82 Å². The summed E-state index contributed by atoms with van der Waals surface area (Å²) < 4.78 is 7.00. The molecule has 3 rings (SSSR count). The van der Waals surface area contributed by atoms with Gasteiger partial charge in [0.2, 0.25) is 0 Å². The molecule has 0 fully saturated rings. The number of aromatic nitrogens is 4. The van der Waals surface area contributed by atoms with Crippen LogP contribution in [0.15, 0.2) is 35.4 Å². The third-order valence-electron chi connectivity index (χ3n) is 2.85. The molecule has 7 heteroatoms. The van der Waals surface area contributed by atoms with Crippen LogP contribution in [0, 0.1) is 0 Å². The van der Waals surface area contributed by atoms with Crippen molar-refractivity contribution in [3.8, 4) is 0 Å². The minimum absolute atomic E-state index is 0.521. The van der Waals surface area contributed by atoms with E-state index < -0.39 is 0 Å². The molecule has 3 heterocycles. The molecule has 0 radical (unpaired) electrons. The van der Waals surface area contributed by atoms with E-state index in [1.54, 1.807) is 12.4 Å². The van der Waals surface area contributed by atoms with E-state index in [9.17, 15) is 0 Å². The van der Waals surface area contributed by atoms with Gasteiger partial charge in [-0.1, -0.05) is 12.1 Å². The lowest BCUT2D eigenvalue weighted by atomic mass is 10.4. The summed E-state index contributed by atoms with van der Waals surface area (Å²) in [7, 11) is 0. The van der Waals surface area contributed by atoms with Gasteiger partial charge in [0, 0.05) is 25.0 Å². The maximum atomic E-state index is 5.06. The molecule has 0 aromatic carbocycles. The first kappa shape index (κ1) is 12.5. The smallest absolute Gasteiger partial charge is 0.180 e. The molecule has 104 valence electrons. The van der Waals surface area contributed by atoms with Crippen LogP contribution in [-0.4, -0.2) is 26.1 Å². The summed E-state index contributed by atoms with van der Waals surface area (Å²) in [4.78, 5) is 8.85. The largest absolute Gasteiger partial charge is 0.369 e. The number of imidazole rings is 1. The molecule has 0 unspecified atom stereocenters. The van der Waals surface area contributed by atoms with Gasteiger partial charge in [-0.3, -0.25) is 0 Å². The lowest BCUT2D eigenvalue weighted by molar-refractivity contribution is 0.388. The Kier molecular flexibility index (Phi) is 3.49. The average Bonchev–Trinajstić information content (AvgIpc) is 3.13. The molecule has 3 aromatic heterocycles. The van der Waals surface area contributed by atoms with E-state index in [1.807, 2.05) is 22.9 Å². The number of anilines is 2. The Bertz CT molecular complexity index is 675. The quantitative estimate of drug-likeness (QED) is 0.715. The Labute approximate surface area is 116 Å². The van der Waals surface area contributed by atoms with Crippen LogP contribution >= 0.6 is 0 Å². The fourth-order valence-electron chi connectivity index (χ4n) is 1.89. The van der Waals surface area contributed by atoms with Crippen LogP contribution in [0.1, 0.15) is 19.1 Å². The molecule has 0 bridgehead atoms. The Morgan fingerprint density at radius 1 is 1.30 bits per heavy atom. The SMILES string of the molecule is CCCNc1cn2ccnc2c(NCc2ccno2)n1. The molecule has 0 aliphatic rings. The van der Waals surface area contributed by atoms with Crippen molar-refractivity contribution in [1.29, 1.82) is 0 Å². The highest BCUT2D eigenvalue weighted by Crippen LogP contribution is 2.17. The van der Waals surface area contributed by atoms with Crippen LogP contribution in [0.4, 0.5) is 11.6 Å². The minimum atomic E-state index is 0.521. The Hall–Kier alpha value is -2.57. The van der Waals surface area contributed by atoms with E-state index in [2.05, 4.69) is 32.7 Å². The van der Waals surface area contributed by atoms with Gasteiger partial charge in [-0.2, -0.15) is 0 Å². The molecular weight excluding hydrogens is 256 g/mol. The van der Waals surface area contributed by atoms with Gasteiger partial charge in [-0.25, -0.2) is 9.97 Å². The molecule has 0 aliphatic carbocycles. The number of hydrogen-bond donors (Lipinski definition) is 2. The van der Waals surface area contributed by atoms with Gasteiger partial charge < -0.3 is 19.6 Å². The van der Waals surface area contributed by atoms with Crippen molar-refractivity contribution in [1.82, 2.24) is 19.5 Å².